The lowest BCUT2D eigenvalue weighted by Crippen LogP contribution is -3.13. The molecule has 0 aliphatic carbocycles. The second-order valence-electron chi connectivity index (χ2n) is 6.66. The third-order valence-electron chi connectivity index (χ3n) is 4.86. The van der Waals surface area contributed by atoms with Crippen LogP contribution in [0, 0.1) is 13.8 Å². The van der Waals surface area contributed by atoms with Gasteiger partial charge in [0.05, 0.1) is 33.3 Å². The summed E-state index contributed by atoms with van der Waals surface area (Å²) in [6, 6.07) is 13.0. The van der Waals surface area contributed by atoms with Crippen LogP contribution in [0.25, 0.3) is 0 Å². The Morgan fingerprint density at radius 3 is 2.54 bits per heavy atom. The molecule has 0 spiro atoms. The molecule has 1 saturated heterocycles. The first-order valence-electron chi connectivity index (χ1n) is 8.55. The second-order valence-corrected chi connectivity index (χ2v) is 7.58. The van der Waals surface area contributed by atoms with Crippen molar-refractivity contribution in [2.24, 2.45) is 0 Å². The van der Waals surface area contributed by atoms with E-state index in [-0.39, 0.29) is 0 Å². The molecular weight excluding hydrogens is 364 g/mol. The van der Waals surface area contributed by atoms with Crippen LogP contribution in [0.15, 0.2) is 40.9 Å². The Labute approximate surface area is 153 Å². The van der Waals surface area contributed by atoms with Crippen molar-refractivity contribution in [3.63, 3.8) is 0 Å². The van der Waals surface area contributed by atoms with Gasteiger partial charge < -0.3 is 14.5 Å². The lowest BCUT2D eigenvalue weighted by molar-refractivity contribution is -0.914. The lowest BCUT2D eigenvalue weighted by atomic mass is 10.1. The molecule has 1 aliphatic heterocycles. The number of methoxy groups -OCH3 is 1. The molecule has 1 heterocycles. The molecule has 0 atom stereocenters. The Balaban J connectivity index is 1.65. The summed E-state index contributed by atoms with van der Waals surface area (Å²) in [5, 5.41) is 0. The molecule has 2 aromatic carbocycles. The van der Waals surface area contributed by atoms with E-state index in [0.29, 0.717) is 0 Å². The molecule has 0 amide bonds. The first-order valence-corrected chi connectivity index (χ1v) is 9.34. The van der Waals surface area contributed by atoms with Crippen LogP contribution in [0.4, 0.5) is 5.69 Å². The summed E-state index contributed by atoms with van der Waals surface area (Å²) in [5.41, 5.74) is 5.39. The van der Waals surface area contributed by atoms with Crippen LogP contribution in [0.2, 0.25) is 0 Å². The van der Waals surface area contributed by atoms with Crippen molar-refractivity contribution in [3.8, 4) is 5.75 Å². The summed E-state index contributed by atoms with van der Waals surface area (Å²) in [6.07, 6.45) is 0. The minimum absolute atomic E-state index is 0.989. The van der Waals surface area contributed by atoms with Crippen LogP contribution in [0.3, 0.4) is 0 Å². The molecule has 1 N–H and O–H groups in total. The van der Waals surface area contributed by atoms with Gasteiger partial charge in [0.1, 0.15) is 12.3 Å². The molecule has 3 rings (SSSR count). The van der Waals surface area contributed by atoms with Crippen LogP contribution in [0.5, 0.6) is 5.75 Å². The Morgan fingerprint density at radius 1 is 1.08 bits per heavy atom. The molecule has 24 heavy (non-hydrogen) atoms. The largest absolute Gasteiger partial charge is 0.496 e. The van der Waals surface area contributed by atoms with Crippen molar-refractivity contribution < 1.29 is 9.64 Å². The maximum atomic E-state index is 5.52. The Morgan fingerprint density at radius 2 is 1.83 bits per heavy atom. The number of nitrogens with one attached hydrogen (secondary N) is 1. The fourth-order valence-electron chi connectivity index (χ4n) is 3.46. The van der Waals surface area contributed by atoms with Crippen molar-refractivity contribution in [3.05, 3.63) is 57.6 Å². The maximum absolute atomic E-state index is 5.52. The van der Waals surface area contributed by atoms with E-state index in [9.17, 15) is 0 Å². The number of rotatable bonds is 4. The molecule has 2 aromatic rings. The first-order chi connectivity index (χ1) is 11.6. The third kappa shape index (κ3) is 3.93. The van der Waals surface area contributed by atoms with E-state index in [0.717, 1.165) is 42.9 Å². The van der Waals surface area contributed by atoms with Crippen LogP contribution >= 0.6 is 15.9 Å². The molecule has 4 heteroatoms. The number of piperazine rings is 1. The maximum Gasteiger partial charge on any atom is 0.127 e. The SMILES string of the molecule is COc1ccc(Br)cc1C[NH+]1CCN(c2cc(C)ccc2C)CC1. The molecule has 1 fully saturated rings. The number of aryl methyl sites for hydroxylation is 2. The molecular formula is C20H26BrN2O+. The van der Waals surface area contributed by atoms with Crippen molar-refractivity contribution in [1.82, 2.24) is 0 Å². The summed E-state index contributed by atoms with van der Waals surface area (Å²) in [7, 11) is 1.75. The highest BCUT2D eigenvalue weighted by Crippen LogP contribution is 2.23. The highest BCUT2D eigenvalue weighted by molar-refractivity contribution is 9.10. The monoisotopic (exact) mass is 389 g/mol. The highest BCUT2D eigenvalue weighted by atomic mass is 79.9. The second kappa shape index (κ2) is 7.58. The summed E-state index contributed by atoms with van der Waals surface area (Å²) in [4.78, 5) is 4.15. The van der Waals surface area contributed by atoms with Gasteiger partial charge in [-0.25, -0.2) is 0 Å². The molecule has 0 saturated carbocycles. The number of nitrogens with zero attached hydrogens (tertiary/aromatic N) is 1. The summed E-state index contributed by atoms with van der Waals surface area (Å²) >= 11 is 3.57. The van der Waals surface area contributed by atoms with Gasteiger partial charge in [0.2, 0.25) is 0 Å². The molecule has 0 bridgehead atoms. The average Bonchev–Trinajstić information content (AvgIpc) is 2.58. The smallest absolute Gasteiger partial charge is 0.127 e. The Kier molecular flexibility index (Phi) is 5.47. The molecule has 0 aromatic heterocycles. The standard InChI is InChI=1S/C20H25BrN2O/c1-15-4-5-16(2)19(12-15)23-10-8-22(9-11-23)14-17-13-18(21)6-7-20(17)24-3/h4-7,12-13H,8-11,14H2,1-3H3/p+1. The Bertz CT molecular complexity index is 709. The van der Waals surface area contributed by atoms with E-state index < -0.39 is 0 Å². The van der Waals surface area contributed by atoms with Crippen molar-refractivity contribution in [1.29, 1.82) is 0 Å². The van der Waals surface area contributed by atoms with Crippen LogP contribution in [-0.4, -0.2) is 33.3 Å². The third-order valence-corrected chi connectivity index (χ3v) is 5.35. The number of quaternary nitrogens is 1. The Hall–Kier alpha value is -1.52. The average molecular weight is 390 g/mol. The quantitative estimate of drug-likeness (QED) is 0.865. The fourth-order valence-corrected chi connectivity index (χ4v) is 3.86. The normalized spacial score (nSPS) is 15.6. The van der Waals surface area contributed by atoms with Gasteiger partial charge in [0.25, 0.3) is 0 Å². The highest BCUT2D eigenvalue weighted by Gasteiger charge is 2.22. The van der Waals surface area contributed by atoms with Gasteiger partial charge in [-0.1, -0.05) is 28.1 Å². The van der Waals surface area contributed by atoms with Gasteiger partial charge in [-0.05, 0) is 49.2 Å². The topological polar surface area (TPSA) is 16.9 Å². The van der Waals surface area contributed by atoms with E-state index >= 15 is 0 Å². The first kappa shape index (κ1) is 17.3. The van der Waals surface area contributed by atoms with Gasteiger partial charge in [-0.2, -0.15) is 0 Å². The van der Waals surface area contributed by atoms with Crippen LogP contribution in [-0.2, 0) is 6.54 Å². The molecule has 1 aliphatic rings. The molecule has 0 unspecified atom stereocenters. The lowest BCUT2D eigenvalue weighted by Gasteiger charge is -2.34. The minimum Gasteiger partial charge on any atom is -0.496 e. The van der Waals surface area contributed by atoms with E-state index in [1.54, 1.807) is 12.0 Å². The minimum atomic E-state index is 0.989. The summed E-state index contributed by atoms with van der Waals surface area (Å²) in [5.74, 6) is 0.989. The molecule has 128 valence electrons. The van der Waals surface area contributed by atoms with Gasteiger partial charge in [-0.15, -0.1) is 0 Å². The fraction of sp³-hybridized carbons (Fsp3) is 0.400. The number of hydrogen-bond acceptors (Lipinski definition) is 2. The number of hydrogen-bond donors (Lipinski definition) is 1. The van der Waals surface area contributed by atoms with Crippen molar-refractivity contribution in [2.45, 2.75) is 20.4 Å². The van der Waals surface area contributed by atoms with Crippen molar-refractivity contribution in [2.75, 3.05) is 38.2 Å². The van der Waals surface area contributed by atoms with E-state index in [4.69, 9.17) is 4.74 Å². The number of anilines is 1. The number of benzene rings is 2. The predicted octanol–water partition coefficient (Wildman–Crippen LogP) is 2.98. The van der Waals surface area contributed by atoms with Crippen molar-refractivity contribution >= 4 is 21.6 Å². The zero-order chi connectivity index (χ0) is 17.1. The van der Waals surface area contributed by atoms with E-state index in [2.05, 4.69) is 58.9 Å². The zero-order valence-corrected chi connectivity index (χ0v) is 16.3. The van der Waals surface area contributed by atoms with Gasteiger partial charge >= 0.3 is 0 Å². The van der Waals surface area contributed by atoms with E-state index in [1.165, 1.54) is 22.4 Å². The summed E-state index contributed by atoms with van der Waals surface area (Å²) in [6.45, 7) is 9.92. The summed E-state index contributed by atoms with van der Waals surface area (Å²) < 4.78 is 6.63. The van der Waals surface area contributed by atoms with Crippen LogP contribution < -0.4 is 14.5 Å². The van der Waals surface area contributed by atoms with Crippen LogP contribution in [0.1, 0.15) is 16.7 Å². The predicted molar refractivity (Wildman–Crippen MR) is 103 cm³/mol. The van der Waals surface area contributed by atoms with Gasteiger partial charge in [0, 0.05) is 15.7 Å². The number of ether oxygens (including phenoxy) is 1. The molecule has 3 nitrogen and oxygen atoms in total. The van der Waals surface area contributed by atoms with E-state index in [1.807, 2.05) is 12.1 Å². The van der Waals surface area contributed by atoms with Gasteiger partial charge in [-0.3, -0.25) is 0 Å². The van der Waals surface area contributed by atoms with Gasteiger partial charge in [0.15, 0.2) is 0 Å². The zero-order valence-electron chi connectivity index (χ0n) is 14.7. The number of halogens is 1. The molecule has 0 radical (unpaired) electrons.